The van der Waals surface area contributed by atoms with E-state index in [9.17, 15) is 13.2 Å². The summed E-state index contributed by atoms with van der Waals surface area (Å²) in [5.74, 6) is -3.78. The van der Waals surface area contributed by atoms with E-state index in [4.69, 9.17) is 5.73 Å². The molecule has 1 nitrogen and oxygen atoms in total. The van der Waals surface area contributed by atoms with Crippen LogP contribution >= 0.6 is 0 Å². The van der Waals surface area contributed by atoms with Crippen molar-refractivity contribution in [1.29, 1.82) is 0 Å². The van der Waals surface area contributed by atoms with Gasteiger partial charge in [0.05, 0.1) is 0 Å². The third-order valence-electron chi connectivity index (χ3n) is 3.55. The molecule has 20 heavy (non-hydrogen) atoms. The van der Waals surface area contributed by atoms with Gasteiger partial charge in [0.2, 0.25) is 0 Å². The van der Waals surface area contributed by atoms with Crippen LogP contribution in [-0.4, -0.2) is 0 Å². The van der Waals surface area contributed by atoms with Crippen LogP contribution in [0.2, 0.25) is 0 Å². The van der Waals surface area contributed by atoms with E-state index in [0.29, 0.717) is 12.0 Å². The molecule has 0 spiro atoms. The molecule has 0 saturated carbocycles. The van der Waals surface area contributed by atoms with Gasteiger partial charge in [0.25, 0.3) is 0 Å². The minimum atomic E-state index is -1.43. The van der Waals surface area contributed by atoms with E-state index in [1.165, 1.54) is 32.1 Å². The van der Waals surface area contributed by atoms with E-state index in [0.717, 1.165) is 25.0 Å². The van der Waals surface area contributed by atoms with Gasteiger partial charge in [0.1, 0.15) is 0 Å². The number of unbranched alkanes of at least 4 members (excludes halogenated alkanes) is 6. The Morgan fingerprint density at radius 2 is 1.40 bits per heavy atom. The molecule has 114 valence electrons. The molecule has 1 rings (SSSR count). The molecule has 1 atom stereocenters. The van der Waals surface area contributed by atoms with E-state index in [1.807, 2.05) is 0 Å². The molecule has 1 aromatic rings. The maximum Gasteiger partial charge on any atom is 0.194 e. The number of benzene rings is 1. The molecule has 4 heteroatoms. The van der Waals surface area contributed by atoms with Crippen molar-refractivity contribution in [2.24, 2.45) is 5.73 Å². The Morgan fingerprint density at radius 1 is 0.900 bits per heavy atom. The van der Waals surface area contributed by atoms with Crippen molar-refractivity contribution in [3.63, 3.8) is 0 Å². The molecule has 0 aliphatic heterocycles. The van der Waals surface area contributed by atoms with Crippen LogP contribution < -0.4 is 5.73 Å². The maximum absolute atomic E-state index is 13.1. The summed E-state index contributed by atoms with van der Waals surface area (Å²) >= 11 is 0. The molecule has 1 unspecified atom stereocenters. The fraction of sp³-hybridized carbons (Fsp3) is 0.625. The molecule has 0 fully saturated rings. The van der Waals surface area contributed by atoms with Crippen molar-refractivity contribution >= 4 is 0 Å². The van der Waals surface area contributed by atoms with Gasteiger partial charge in [-0.1, -0.05) is 51.9 Å². The Kier molecular flexibility index (Phi) is 7.67. The summed E-state index contributed by atoms with van der Waals surface area (Å²) in [6, 6.07) is 1.55. The molecular formula is C16H24F3N. The second-order valence-corrected chi connectivity index (χ2v) is 5.32. The number of rotatable bonds is 9. The standard InChI is InChI=1S/C16H24F3N/c1-2-3-4-5-6-7-8-9-15(20)12-10-13(17)16(19)14(18)11-12/h10-11,15H,2-9,20H2,1H3. The average Bonchev–Trinajstić information content (AvgIpc) is 2.43. The van der Waals surface area contributed by atoms with Crippen molar-refractivity contribution in [2.45, 2.75) is 64.3 Å². The largest absolute Gasteiger partial charge is 0.324 e. The molecule has 0 aromatic heterocycles. The summed E-state index contributed by atoms with van der Waals surface area (Å²) in [6.07, 6.45) is 8.81. The SMILES string of the molecule is CCCCCCCCCC(N)c1cc(F)c(F)c(F)c1. The summed E-state index contributed by atoms with van der Waals surface area (Å²) in [4.78, 5) is 0. The molecule has 0 saturated heterocycles. The van der Waals surface area contributed by atoms with Crippen molar-refractivity contribution in [3.05, 3.63) is 35.1 Å². The van der Waals surface area contributed by atoms with Crippen LogP contribution in [0, 0.1) is 17.5 Å². The van der Waals surface area contributed by atoms with Crippen molar-refractivity contribution in [2.75, 3.05) is 0 Å². The number of hydrogen-bond acceptors (Lipinski definition) is 1. The molecule has 0 heterocycles. The third kappa shape index (κ3) is 5.53. The van der Waals surface area contributed by atoms with Gasteiger partial charge in [0.15, 0.2) is 17.5 Å². The smallest absolute Gasteiger partial charge is 0.194 e. The van der Waals surface area contributed by atoms with Gasteiger partial charge in [-0.2, -0.15) is 0 Å². The summed E-state index contributed by atoms with van der Waals surface area (Å²) in [7, 11) is 0. The Hall–Kier alpha value is -1.03. The zero-order chi connectivity index (χ0) is 15.0. The van der Waals surface area contributed by atoms with Gasteiger partial charge < -0.3 is 5.73 Å². The zero-order valence-electron chi connectivity index (χ0n) is 12.1. The van der Waals surface area contributed by atoms with E-state index in [1.54, 1.807) is 0 Å². The molecule has 1 aromatic carbocycles. The van der Waals surface area contributed by atoms with Gasteiger partial charge >= 0.3 is 0 Å². The highest BCUT2D eigenvalue weighted by Gasteiger charge is 2.14. The maximum atomic E-state index is 13.1. The van der Waals surface area contributed by atoms with Gasteiger partial charge in [0, 0.05) is 6.04 Å². The van der Waals surface area contributed by atoms with Crippen molar-refractivity contribution < 1.29 is 13.2 Å². The van der Waals surface area contributed by atoms with Crippen molar-refractivity contribution in [3.8, 4) is 0 Å². The topological polar surface area (TPSA) is 26.0 Å². The van der Waals surface area contributed by atoms with Gasteiger partial charge in [-0.3, -0.25) is 0 Å². The molecular weight excluding hydrogens is 263 g/mol. The van der Waals surface area contributed by atoms with Crippen LogP contribution in [0.5, 0.6) is 0 Å². The Balaban J connectivity index is 2.31. The minimum Gasteiger partial charge on any atom is -0.324 e. The van der Waals surface area contributed by atoms with E-state index >= 15 is 0 Å². The molecule has 0 aliphatic carbocycles. The number of nitrogens with two attached hydrogens (primary N) is 1. The first-order valence-corrected chi connectivity index (χ1v) is 7.46. The van der Waals surface area contributed by atoms with Crippen LogP contribution in [0.15, 0.2) is 12.1 Å². The molecule has 2 N–H and O–H groups in total. The predicted octanol–water partition coefficient (Wildman–Crippen LogP) is 5.24. The highest BCUT2D eigenvalue weighted by atomic mass is 19.2. The lowest BCUT2D eigenvalue weighted by Gasteiger charge is -2.12. The van der Waals surface area contributed by atoms with Crippen LogP contribution in [0.3, 0.4) is 0 Å². The number of halogens is 3. The summed E-state index contributed by atoms with van der Waals surface area (Å²) < 4.78 is 39.0. The lowest BCUT2D eigenvalue weighted by molar-refractivity contribution is 0.441. The van der Waals surface area contributed by atoms with Crippen LogP contribution in [0.1, 0.15) is 69.9 Å². The van der Waals surface area contributed by atoms with Crippen LogP contribution in [-0.2, 0) is 0 Å². The molecule has 0 amide bonds. The number of hydrogen-bond donors (Lipinski definition) is 1. The average molecular weight is 287 g/mol. The van der Waals surface area contributed by atoms with Gasteiger partial charge in [-0.25, -0.2) is 13.2 Å². The van der Waals surface area contributed by atoms with Gasteiger partial charge in [-0.15, -0.1) is 0 Å². The zero-order valence-corrected chi connectivity index (χ0v) is 12.1. The fourth-order valence-electron chi connectivity index (χ4n) is 2.28. The lowest BCUT2D eigenvalue weighted by atomic mass is 10.00. The summed E-state index contributed by atoms with van der Waals surface area (Å²) in [6.45, 7) is 2.18. The quantitative estimate of drug-likeness (QED) is 0.487. The Bertz CT molecular complexity index is 384. The highest BCUT2D eigenvalue weighted by Crippen LogP contribution is 2.22. The Labute approximate surface area is 119 Å². The first kappa shape index (κ1) is 17.0. The summed E-state index contributed by atoms with van der Waals surface area (Å²) in [5, 5.41) is 0. The first-order chi connectivity index (χ1) is 9.56. The predicted molar refractivity (Wildman–Crippen MR) is 75.9 cm³/mol. The molecule has 0 aliphatic rings. The highest BCUT2D eigenvalue weighted by molar-refractivity contribution is 5.22. The van der Waals surface area contributed by atoms with Crippen LogP contribution in [0.25, 0.3) is 0 Å². The third-order valence-corrected chi connectivity index (χ3v) is 3.55. The Morgan fingerprint density at radius 3 is 1.95 bits per heavy atom. The van der Waals surface area contributed by atoms with Crippen molar-refractivity contribution in [1.82, 2.24) is 0 Å². The van der Waals surface area contributed by atoms with Crippen LogP contribution in [0.4, 0.5) is 13.2 Å². The normalized spacial score (nSPS) is 12.7. The second kappa shape index (κ2) is 9.01. The second-order valence-electron chi connectivity index (χ2n) is 5.32. The molecule has 0 radical (unpaired) electrons. The summed E-state index contributed by atoms with van der Waals surface area (Å²) in [5.41, 5.74) is 6.22. The lowest BCUT2D eigenvalue weighted by Crippen LogP contribution is -2.11. The van der Waals surface area contributed by atoms with E-state index < -0.39 is 23.5 Å². The van der Waals surface area contributed by atoms with E-state index in [2.05, 4.69) is 6.92 Å². The molecule has 0 bridgehead atoms. The first-order valence-electron chi connectivity index (χ1n) is 7.46. The fourth-order valence-corrected chi connectivity index (χ4v) is 2.28. The monoisotopic (exact) mass is 287 g/mol. The van der Waals surface area contributed by atoms with Gasteiger partial charge in [-0.05, 0) is 24.1 Å². The minimum absolute atomic E-state index is 0.326. The van der Waals surface area contributed by atoms with E-state index in [-0.39, 0.29) is 0 Å².